The summed E-state index contributed by atoms with van der Waals surface area (Å²) in [5.74, 6) is -0.402. The summed E-state index contributed by atoms with van der Waals surface area (Å²) in [7, 11) is 0. The van der Waals surface area contributed by atoms with Crippen LogP contribution >= 0.6 is 0 Å². The van der Waals surface area contributed by atoms with Crippen LogP contribution in [0, 0.1) is 0 Å². The van der Waals surface area contributed by atoms with Crippen LogP contribution < -0.4 is 0 Å². The molecule has 15 heavy (non-hydrogen) atoms. The van der Waals surface area contributed by atoms with Crippen molar-refractivity contribution in [1.29, 1.82) is 0 Å². The number of cyclic esters (lactones) is 1. The van der Waals surface area contributed by atoms with Gasteiger partial charge in [-0.1, -0.05) is 12.2 Å². The Morgan fingerprint density at radius 2 is 2.13 bits per heavy atom. The molecule has 0 bridgehead atoms. The van der Waals surface area contributed by atoms with Crippen LogP contribution in [0.4, 0.5) is 0 Å². The van der Waals surface area contributed by atoms with E-state index in [4.69, 9.17) is 9.47 Å². The van der Waals surface area contributed by atoms with Crippen LogP contribution in [0.5, 0.6) is 0 Å². The van der Waals surface area contributed by atoms with E-state index in [2.05, 4.69) is 0 Å². The molecule has 2 heterocycles. The van der Waals surface area contributed by atoms with Crippen molar-refractivity contribution in [2.75, 3.05) is 0 Å². The van der Waals surface area contributed by atoms with Gasteiger partial charge in [-0.2, -0.15) is 0 Å². The number of aliphatic hydroxyl groups excluding tert-OH is 2. The van der Waals surface area contributed by atoms with Crippen molar-refractivity contribution in [3.05, 3.63) is 12.2 Å². The van der Waals surface area contributed by atoms with E-state index in [0.29, 0.717) is 0 Å². The quantitative estimate of drug-likeness (QED) is 0.319. The number of esters is 1. The Kier molecular flexibility index (Phi) is 2.77. The molecule has 2 N–H and O–H groups in total. The fraction of sp³-hybridized carbons (Fsp3) is 0.700. The second-order valence-electron chi connectivity index (χ2n) is 3.95. The Balaban J connectivity index is 2.09. The molecule has 1 fully saturated rings. The van der Waals surface area contributed by atoms with E-state index in [1.54, 1.807) is 13.0 Å². The van der Waals surface area contributed by atoms with Gasteiger partial charge in [-0.3, -0.25) is 0 Å². The third kappa shape index (κ3) is 2.37. The van der Waals surface area contributed by atoms with Gasteiger partial charge in [0.25, 0.3) is 0 Å². The van der Waals surface area contributed by atoms with Gasteiger partial charge < -0.3 is 19.7 Å². The van der Waals surface area contributed by atoms with Crippen molar-refractivity contribution in [3.63, 3.8) is 0 Å². The van der Waals surface area contributed by atoms with Crippen LogP contribution in [-0.4, -0.2) is 46.7 Å². The Hall–Kier alpha value is -0.910. The topological polar surface area (TPSA) is 79.3 Å². The average Bonchev–Trinajstić information content (AvgIpc) is 2.91. The first-order chi connectivity index (χ1) is 7.08. The normalized spacial score (nSPS) is 47.7. The lowest BCUT2D eigenvalue weighted by atomic mass is 10.1. The summed E-state index contributed by atoms with van der Waals surface area (Å²) < 4.78 is 10.1. The molecule has 84 valence electrons. The van der Waals surface area contributed by atoms with E-state index < -0.39 is 30.4 Å². The molecule has 2 aliphatic rings. The van der Waals surface area contributed by atoms with E-state index in [9.17, 15) is 15.0 Å². The van der Waals surface area contributed by atoms with E-state index >= 15 is 0 Å². The maximum Gasteiger partial charge on any atom is 0.338 e. The van der Waals surface area contributed by atoms with Crippen LogP contribution in [-0.2, 0) is 14.3 Å². The minimum absolute atomic E-state index is 0.217. The fourth-order valence-corrected chi connectivity index (χ4v) is 1.60. The highest BCUT2D eigenvalue weighted by atomic mass is 16.6. The van der Waals surface area contributed by atoms with E-state index in [1.807, 2.05) is 0 Å². The molecule has 5 heteroatoms. The van der Waals surface area contributed by atoms with Gasteiger partial charge in [0, 0.05) is 6.42 Å². The van der Waals surface area contributed by atoms with Gasteiger partial charge in [-0.15, -0.1) is 0 Å². The number of aliphatic hydroxyl groups is 2. The Morgan fingerprint density at radius 3 is 2.87 bits per heavy atom. The summed E-state index contributed by atoms with van der Waals surface area (Å²) >= 11 is 0. The zero-order valence-electron chi connectivity index (χ0n) is 8.37. The number of carbonyl (C=O) groups excluding carboxylic acids is 1. The minimum Gasteiger partial charge on any atom is -0.461 e. The van der Waals surface area contributed by atoms with E-state index in [-0.39, 0.29) is 12.5 Å². The number of hydrogen-bond acceptors (Lipinski definition) is 5. The molecule has 5 atom stereocenters. The minimum atomic E-state index is -0.936. The second-order valence-corrected chi connectivity index (χ2v) is 3.95. The lowest BCUT2D eigenvalue weighted by molar-refractivity contribution is -0.151. The van der Waals surface area contributed by atoms with Crippen molar-refractivity contribution >= 4 is 5.97 Å². The van der Waals surface area contributed by atoms with Gasteiger partial charge in [0.2, 0.25) is 0 Å². The highest BCUT2D eigenvalue weighted by Crippen LogP contribution is 2.27. The van der Waals surface area contributed by atoms with Crippen LogP contribution in [0.15, 0.2) is 12.2 Å². The molecule has 1 saturated heterocycles. The highest BCUT2D eigenvalue weighted by Gasteiger charge is 2.45. The number of fused-ring (bicyclic) bond motifs is 1. The number of rotatable bonds is 0. The maximum atomic E-state index is 11.3. The Morgan fingerprint density at radius 1 is 1.40 bits per heavy atom. The van der Waals surface area contributed by atoms with Gasteiger partial charge >= 0.3 is 5.97 Å². The molecule has 0 aromatic carbocycles. The Bertz CT molecular complexity index is 288. The molecule has 0 aromatic heterocycles. The van der Waals surface area contributed by atoms with Gasteiger partial charge in [0.15, 0.2) is 6.10 Å². The van der Waals surface area contributed by atoms with Gasteiger partial charge in [-0.25, -0.2) is 4.79 Å². The summed E-state index contributed by atoms with van der Waals surface area (Å²) in [6.07, 6.45) is 0.133. The largest absolute Gasteiger partial charge is 0.461 e. The molecular weight excluding hydrogens is 200 g/mol. The SMILES string of the molecule is C[C@@H]1C[C@@H](O)[C@H](O)/C=C/[C@H]2O[C@H]2C(=O)O1. The highest BCUT2D eigenvalue weighted by molar-refractivity contribution is 5.78. The summed E-state index contributed by atoms with van der Waals surface area (Å²) in [4.78, 5) is 11.3. The predicted octanol–water partition coefficient (Wildman–Crippen LogP) is -0.633. The van der Waals surface area contributed by atoms with Crippen molar-refractivity contribution in [2.24, 2.45) is 0 Å². The first-order valence-corrected chi connectivity index (χ1v) is 4.98. The molecule has 0 aliphatic carbocycles. The molecule has 0 saturated carbocycles. The molecule has 0 spiro atoms. The summed E-state index contributed by atoms with van der Waals surface area (Å²) in [6, 6.07) is 0. The standard InChI is InChI=1S/C10H14O5/c1-5-4-7(12)6(11)2-3-8-9(15-8)10(13)14-5/h2-3,5-9,11-12H,4H2,1H3/b3-2+/t5-,6-,7-,8-,9-/m1/s1. The lowest BCUT2D eigenvalue weighted by Gasteiger charge is -2.19. The average molecular weight is 214 g/mol. The summed E-state index contributed by atoms with van der Waals surface area (Å²) in [5, 5.41) is 19.0. The second kappa shape index (κ2) is 3.92. The number of hydrogen-bond donors (Lipinski definition) is 2. The fourth-order valence-electron chi connectivity index (χ4n) is 1.60. The van der Waals surface area contributed by atoms with Crippen molar-refractivity contribution in [1.82, 2.24) is 0 Å². The predicted molar refractivity (Wildman–Crippen MR) is 50.0 cm³/mol. The van der Waals surface area contributed by atoms with Gasteiger partial charge in [0.1, 0.15) is 12.2 Å². The summed E-state index contributed by atoms with van der Waals surface area (Å²) in [6.45, 7) is 1.68. The Labute approximate surface area is 87.3 Å². The van der Waals surface area contributed by atoms with Gasteiger partial charge in [0.05, 0.1) is 12.2 Å². The molecule has 2 rings (SSSR count). The number of carbonyl (C=O) groups is 1. The monoisotopic (exact) mass is 214 g/mol. The number of epoxide rings is 1. The van der Waals surface area contributed by atoms with Gasteiger partial charge in [-0.05, 0) is 6.92 Å². The molecule has 2 aliphatic heterocycles. The van der Waals surface area contributed by atoms with Crippen LogP contribution in [0.25, 0.3) is 0 Å². The zero-order valence-corrected chi connectivity index (χ0v) is 8.37. The molecule has 0 aromatic rings. The zero-order chi connectivity index (χ0) is 11.0. The maximum absolute atomic E-state index is 11.3. The van der Waals surface area contributed by atoms with E-state index in [0.717, 1.165) is 0 Å². The van der Waals surface area contributed by atoms with E-state index in [1.165, 1.54) is 6.08 Å². The molecule has 0 radical (unpaired) electrons. The molecular formula is C10H14O5. The molecule has 0 unspecified atom stereocenters. The first-order valence-electron chi connectivity index (χ1n) is 4.98. The van der Waals surface area contributed by atoms with Crippen molar-refractivity contribution in [3.8, 4) is 0 Å². The molecule has 0 amide bonds. The first kappa shape index (κ1) is 10.6. The third-order valence-electron chi connectivity index (χ3n) is 2.54. The van der Waals surface area contributed by atoms with Crippen molar-refractivity contribution in [2.45, 2.75) is 43.9 Å². The van der Waals surface area contributed by atoms with Crippen molar-refractivity contribution < 1.29 is 24.5 Å². The van der Waals surface area contributed by atoms with Crippen LogP contribution in [0.1, 0.15) is 13.3 Å². The third-order valence-corrected chi connectivity index (χ3v) is 2.54. The molecule has 5 nitrogen and oxygen atoms in total. The lowest BCUT2D eigenvalue weighted by Crippen LogP contribution is -2.31. The van der Waals surface area contributed by atoms with Crippen LogP contribution in [0.3, 0.4) is 0 Å². The number of ether oxygens (including phenoxy) is 2. The summed E-state index contributed by atoms with van der Waals surface area (Å²) in [5.41, 5.74) is 0. The van der Waals surface area contributed by atoms with Crippen LogP contribution in [0.2, 0.25) is 0 Å². The smallest absolute Gasteiger partial charge is 0.338 e.